The van der Waals surface area contributed by atoms with Crippen LogP contribution in [0.15, 0.2) is 60.8 Å². The molecule has 3 amide bonds. The zero-order chi connectivity index (χ0) is 37.0. The van der Waals surface area contributed by atoms with E-state index in [2.05, 4.69) is 78.9 Å². The summed E-state index contributed by atoms with van der Waals surface area (Å²) < 4.78 is 10.3. The maximum atomic E-state index is 12.9. The number of H-pyrrole nitrogens is 2. The van der Waals surface area contributed by atoms with Crippen LogP contribution in [-0.4, -0.2) is 74.8 Å². The van der Waals surface area contributed by atoms with Crippen molar-refractivity contribution in [3.05, 3.63) is 72.4 Å². The number of likely N-dealkylation sites (tertiary alicyclic amines) is 1. The fourth-order valence-corrected chi connectivity index (χ4v) is 6.65. The van der Waals surface area contributed by atoms with E-state index in [4.69, 9.17) is 9.72 Å². The lowest BCUT2D eigenvalue weighted by atomic mass is 9.99. The number of fused-ring (bicyclic) bond motifs is 2. The van der Waals surface area contributed by atoms with Crippen molar-refractivity contribution >= 4 is 39.9 Å². The fraction of sp³-hybridized carbons (Fsp3) is 0.425. The first-order valence-electron chi connectivity index (χ1n) is 18.1. The molecule has 0 radical (unpaired) electrons. The second-order valence-corrected chi connectivity index (χ2v) is 14.8. The summed E-state index contributed by atoms with van der Waals surface area (Å²) in [6.07, 6.45) is 5.09. The van der Waals surface area contributed by atoms with E-state index in [1.165, 1.54) is 7.11 Å². The van der Waals surface area contributed by atoms with Crippen LogP contribution in [0.1, 0.15) is 78.0 Å². The first-order chi connectivity index (χ1) is 24.9. The van der Waals surface area contributed by atoms with E-state index >= 15 is 0 Å². The van der Waals surface area contributed by atoms with Crippen LogP contribution in [0, 0.1) is 5.92 Å². The van der Waals surface area contributed by atoms with Crippen molar-refractivity contribution in [1.29, 1.82) is 0 Å². The molecular formula is C40H49N7O5. The van der Waals surface area contributed by atoms with Gasteiger partial charge in [0.25, 0.3) is 0 Å². The number of benzene rings is 3. The summed E-state index contributed by atoms with van der Waals surface area (Å²) in [5.41, 5.74) is 5.46. The second-order valence-electron chi connectivity index (χ2n) is 14.8. The molecule has 1 aliphatic rings. The normalized spacial score (nSPS) is 15.3. The molecule has 0 bridgehead atoms. The molecule has 6 rings (SSSR count). The molecule has 2 unspecified atom stereocenters. The van der Waals surface area contributed by atoms with Gasteiger partial charge >= 0.3 is 12.2 Å². The van der Waals surface area contributed by atoms with Crippen molar-refractivity contribution in [2.24, 2.45) is 5.92 Å². The van der Waals surface area contributed by atoms with Crippen LogP contribution in [0.25, 0.3) is 44.2 Å². The molecule has 3 aromatic carbocycles. The van der Waals surface area contributed by atoms with Gasteiger partial charge in [-0.2, -0.15) is 0 Å². The first-order valence-corrected chi connectivity index (χ1v) is 18.1. The molecule has 1 aliphatic heterocycles. The number of nitrogens with zero attached hydrogens (tertiary/aromatic N) is 3. The van der Waals surface area contributed by atoms with Crippen molar-refractivity contribution in [2.75, 3.05) is 20.2 Å². The van der Waals surface area contributed by atoms with E-state index in [9.17, 15) is 14.4 Å². The molecule has 3 heterocycles. The van der Waals surface area contributed by atoms with Crippen LogP contribution in [0.3, 0.4) is 0 Å². The number of amides is 3. The molecule has 12 nitrogen and oxygen atoms in total. The number of unbranched alkanes of at least 4 members (excludes halogenated alkanes) is 1. The quantitative estimate of drug-likeness (QED) is 0.103. The average molecular weight is 708 g/mol. The van der Waals surface area contributed by atoms with Crippen LogP contribution in [0.2, 0.25) is 0 Å². The van der Waals surface area contributed by atoms with E-state index in [-0.39, 0.29) is 24.0 Å². The number of alkyl carbamates (subject to hydrolysis) is 1. The monoisotopic (exact) mass is 707 g/mol. The molecule has 2 aromatic heterocycles. The van der Waals surface area contributed by atoms with Crippen molar-refractivity contribution in [2.45, 2.75) is 84.4 Å². The zero-order valence-corrected chi connectivity index (χ0v) is 30.8. The first kappa shape index (κ1) is 36.4. The molecule has 274 valence electrons. The third-order valence-corrected chi connectivity index (χ3v) is 9.36. The highest BCUT2D eigenvalue weighted by atomic mass is 16.6. The third-order valence-electron chi connectivity index (χ3n) is 9.36. The Labute approximate surface area is 304 Å². The summed E-state index contributed by atoms with van der Waals surface area (Å²) in [4.78, 5) is 55.2. The Balaban J connectivity index is 1.06. The van der Waals surface area contributed by atoms with Gasteiger partial charge in [-0.05, 0) is 98.5 Å². The number of methoxy groups -OCH3 is 1. The van der Waals surface area contributed by atoms with Crippen LogP contribution in [0.4, 0.5) is 9.59 Å². The highest BCUT2D eigenvalue weighted by Crippen LogP contribution is 2.34. The lowest BCUT2D eigenvalue weighted by molar-refractivity contribution is -0.124. The van der Waals surface area contributed by atoms with Crippen molar-refractivity contribution in [3.63, 3.8) is 0 Å². The SMILES string of the molecule is COC(=O)NC(C(=O)NCCCCc1ncc(-c2ccc3cc(-c4ccc5nc(C6CCCN6C(=O)OC(C)(C)C)[nH]c5c4)ccc3c2)[nH]1)C(C)C. The van der Waals surface area contributed by atoms with E-state index in [1.54, 1.807) is 4.90 Å². The number of rotatable bonds is 11. The summed E-state index contributed by atoms with van der Waals surface area (Å²) in [5, 5.41) is 7.76. The maximum absolute atomic E-state index is 12.9. The zero-order valence-electron chi connectivity index (χ0n) is 30.8. The fourth-order valence-electron chi connectivity index (χ4n) is 6.65. The minimum Gasteiger partial charge on any atom is -0.453 e. The molecule has 52 heavy (non-hydrogen) atoms. The molecular weight excluding hydrogens is 658 g/mol. The molecule has 1 fully saturated rings. The number of carbonyl (C=O) groups excluding carboxylic acids is 3. The highest BCUT2D eigenvalue weighted by molar-refractivity contribution is 5.92. The number of hydrogen-bond donors (Lipinski definition) is 4. The molecule has 0 saturated carbocycles. The summed E-state index contributed by atoms with van der Waals surface area (Å²) >= 11 is 0. The topological polar surface area (TPSA) is 154 Å². The Hall–Kier alpha value is -5.39. The molecule has 4 N–H and O–H groups in total. The van der Waals surface area contributed by atoms with Crippen molar-refractivity contribution in [3.8, 4) is 22.4 Å². The Bertz CT molecular complexity index is 2060. The van der Waals surface area contributed by atoms with Gasteiger partial charge in [-0.1, -0.05) is 44.2 Å². The van der Waals surface area contributed by atoms with Gasteiger partial charge < -0.3 is 30.1 Å². The number of ether oxygens (including phenoxy) is 2. The number of nitrogens with one attached hydrogen (secondary N) is 4. The van der Waals surface area contributed by atoms with Gasteiger partial charge in [0.2, 0.25) is 5.91 Å². The minimum absolute atomic E-state index is 0.0619. The number of aromatic nitrogens is 4. The van der Waals surface area contributed by atoms with E-state index < -0.39 is 17.7 Å². The Kier molecular flexibility index (Phi) is 10.8. The van der Waals surface area contributed by atoms with Gasteiger partial charge in [0.1, 0.15) is 23.3 Å². The van der Waals surface area contributed by atoms with Gasteiger partial charge in [-0.3, -0.25) is 9.69 Å². The van der Waals surface area contributed by atoms with Gasteiger partial charge in [-0.25, -0.2) is 19.6 Å². The van der Waals surface area contributed by atoms with Crippen molar-refractivity contribution < 1.29 is 23.9 Å². The number of carbonyl (C=O) groups is 3. The highest BCUT2D eigenvalue weighted by Gasteiger charge is 2.35. The standard InChI is InChI=1S/C40H49N7O5/c1-24(2)35(46-38(49)51-6)37(48)41-18-8-7-11-34-42-23-32(43-34)29-15-14-25-20-26(12-13-27(25)21-29)28-16-17-30-31(22-28)45-36(44-30)33-10-9-19-47(33)39(50)52-40(3,4)5/h12-17,20-24,33,35H,7-11,18-19H2,1-6H3,(H,41,48)(H,42,43)(H,44,45)(H,46,49). The predicted octanol–water partition coefficient (Wildman–Crippen LogP) is 7.66. The Morgan fingerprint density at radius 3 is 2.40 bits per heavy atom. The predicted molar refractivity (Wildman–Crippen MR) is 202 cm³/mol. The molecule has 12 heteroatoms. The van der Waals surface area contributed by atoms with Crippen LogP contribution in [-0.2, 0) is 20.7 Å². The minimum atomic E-state index is -0.642. The van der Waals surface area contributed by atoms with Gasteiger partial charge in [0, 0.05) is 25.1 Å². The van der Waals surface area contributed by atoms with Crippen molar-refractivity contribution in [1.82, 2.24) is 35.5 Å². The molecule has 2 atom stereocenters. The third kappa shape index (κ3) is 8.55. The van der Waals surface area contributed by atoms with Crippen LogP contribution < -0.4 is 10.6 Å². The smallest absolute Gasteiger partial charge is 0.410 e. The van der Waals surface area contributed by atoms with Gasteiger partial charge in [0.15, 0.2) is 0 Å². The lowest BCUT2D eigenvalue weighted by Gasteiger charge is -2.27. The summed E-state index contributed by atoms with van der Waals surface area (Å²) in [5.74, 6) is 1.41. The Morgan fingerprint density at radius 2 is 1.67 bits per heavy atom. The molecule has 0 aliphatic carbocycles. The van der Waals surface area contributed by atoms with Crippen LogP contribution >= 0.6 is 0 Å². The van der Waals surface area contributed by atoms with Gasteiger partial charge in [0.05, 0.1) is 36.1 Å². The maximum Gasteiger partial charge on any atom is 0.410 e. The van der Waals surface area contributed by atoms with E-state index in [0.29, 0.717) is 13.1 Å². The summed E-state index contributed by atoms with van der Waals surface area (Å²) in [6.45, 7) is 10.6. The summed E-state index contributed by atoms with van der Waals surface area (Å²) in [6, 6.07) is 18.4. The average Bonchev–Trinajstić information content (AvgIpc) is 3.88. The number of aryl methyl sites for hydroxylation is 1. The van der Waals surface area contributed by atoms with Crippen LogP contribution in [0.5, 0.6) is 0 Å². The number of imidazole rings is 2. The van der Waals surface area contributed by atoms with E-state index in [0.717, 1.165) is 87.9 Å². The molecule has 1 saturated heterocycles. The Morgan fingerprint density at radius 1 is 0.962 bits per heavy atom. The van der Waals surface area contributed by atoms with E-state index in [1.807, 2.05) is 46.9 Å². The largest absolute Gasteiger partial charge is 0.453 e. The number of aromatic amines is 2. The molecule has 5 aromatic rings. The lowest BCUT2D eigenvalue weighted by Crippen LogP contribution is -2.49. The molecule has 0 spiro atoms. The summed E-state index contributed by atoms with van der Waals surface area (Å²) in [7, 11) is 1.28. The number of hydrogen-bond acceptors (Lipinski definition) is 7. The second kappa shape index (κ2) is 15.5. The van der Waals surface area contributed by atoms with Gasteiger partial charge in [-0.15, -0.1) is 0 Å².